The van der Waals surface area contributed by atoms with Gasteiger partial charge in [0.1, 0.15) is 5.54 Å². The molecule has 5 rings (SSSR count). The van der Waals surface area contributed by atoms with Gasteiger partial charge in [0.15, 0.2) is 6.29 Å². The van der Waals surface area contributed by atoms with Crippen molar-refractivity contribution in [2.45, 2.75) is 37.0 Å². The molecule has 1 amide bonds. The number of fused-ring (bicyclic) bond motifs is 2. The number of nitrogens with one attached hydrogen (secondary N) is 1. The maximum Gasteiger partial charge on any atom is 0.254 e. The van der Waals surface area contributed by atoms with Gasteiger partial charge in [0, 0.05) is 30.1 Å². The summed E-state index contributed by atoms with van der Waals surface area (Å²) < 4.78 is 7.21. The molecule has 1 unspecified atom stereocenters. The number of hydrogen-bond donors (Lipinski definition) is 5. The highest BCUT2D eigenvalue weighted by atomic mass is 16.6. The zero-order chi connectivity index (χ0) is 26.2. The van der Waals surface area contributed by atoms with Crippen molar-refractivity contribution in [3.8, 4) is 6.07 Å². The van der Waals surface area contributed by atoms with Crippen molar-refractivity contribution < 1.29 is 30.0 Å². The number of nitriles is 1. The van der Waals surface area contributed by atoms with E-state index in [4.69, 9.17) is 4.74 Å². The Kier molecular flexibility index (Phi) is 6.69. The number of amides is 1. The van der Waals surface area contributed by atoms with Crippen LogP contribution in [0.3, 0.4) is 0 Å². The molecular weight excluding hydrogens is 474 g/mol. The molecule has 37 heavy (non-hydrogen) atoms. The third-order valence-electron chi connectivity index (χ3n) is 7.08. The Morgan fingerprint density at radius 1 is 1.11 bits per heavy atom. The summed E-state index contributed by atoms with van der Waals surface area (Å²) in [6, 6.07) is 21.3. The van der Waals surface area contributed by atoms with Gasteiger partial charge in [0.25, 0.3) is 5.91 Å². The van der Waals surface area contributed by atoms with Gasteiger partial charge in [-0.25, -0.2) is 0 Å². The average molecular weight is 502 g/mol. The van der Waals surface area contributed by atoms with E-state index in [1.807, 2.05) is 41.0 Å². The zero-order valence-corrected chi connectivity index (χ0v) is 19.9. The number of aliphatic hydroxyl groups is 4. The van der Waals surface area contributed by atoms with Gasteiger partial charge in [-0.15, -0.1) is 0 Å². The monoisotopic (exact) mass is 501 g/mol. The van der Waals surface area contributed by atoms with E-state index in [9.17, 15) is 30.5 Å². The van der Waals surface area contributed by atoms with E-state index in [1.165, 1.54) is 0 Å². The summed E-state index contributed by atoms with van der Waals surface area (Å²) in [6.07, 6.45) is -2.38. The molecule has 0 spiro atoms. The summed E-state index contributed by atoms with van der Waals surface area (Å²) in [5.41, 5.74) is 0.428. The lowest BCUT2D eigenvalue weighted by atomic mass is 9.85. The Labute approximate surface area is 212 Å². The molecule has 1 aromatic heterocycles. The van der Waals surface area contributed by atoms with Gasteiger partial charge < -0.3 is 35.0 Å². The van der Waals surface area contributed by atoms with E-state index in [0.717, 1.165) is 21.9 Å². The molecule has 4 aromatic rings. The van der Waals surface area contributed by atoms with Crippen LogP contribution in [0.25, 0.3) is 21.7 Å². The van der Waals surface area contributed by atoms with Gasteiger partial charge in [-0.1, -0.05) is 36.4 Å². The fourth-order valence-corrected chi connectivity index (χ4v) is 4.96. The summed E-state index contributed by atoms with van der Waals surface area (Å²) in [7, 11) is 0. The van der Waals surface area contributed by atoms with Crippen LogP contribution < -0.4 is 5.32 Å². The van der Waals surface area contributed by atoms with E-state index >= 15 is 0 Å². The molecule has 1 fully saturated rings. The van der Waals surface area contributed by atoms with Crippen LogP contribution in [-0.2, 0) is 11.3 Å². The molecular formula is C28H27N3O6. The lowest BCUT2D eigenvalue weighted by Gasteiger charge is -2.46. The largest absolute Gasteiger partial charge is 0.394 e. The maximum absolute atomic E-state index is 13.5. The second-order valence-electron chi connectivity index (χ2n) is 9.39. The number of nitrogens with zero attached hydrogens (tertiary/aromatic N) is 2. The maximum atomic E-state index is 13.5. The molecule has 2 heterocycles. The Hall–Kier alpha value is -3.78. The second-order valence-corrected chi connectivity index (χ2v) is 9.39. The fraction of sp³-hybridized carbons (Fsp3) is 0.286. The number of aromatic nitrogens is 1. The van der Waals surface area contributed by atoms with E-state index in [0.29, 0.717) is 17.5 Å². The number of rotatable bonds is 6. The van der Waals surface area contributed by atoms with Gasteiger partial charge in [-0.2, -0.15) is 5.26 Å². The molecule has 0 radical (unpaired) electrons. The molecule has 0 aliphatic carbocycles. The first-order chi connectivity index (χ1) is 17.9. The minimum absolute atomic E-state index is 0.0866. The molecule has 1 saturated heterocycles. The van der Waals surface area contributed by atoms with Crippen LogP contribution in [0, 0.1) is 11.3 Å². The quantitative estimate of drug-likeness (QED) is 0.270. The number of ether oxygens (including phenoxy) is 1. The molecule has 9 nitrogen and oxygen atoms in total. The molecule has 190 valence electrons. The topological polar surface area (TPSA) is 148 Å². The standard InChI is InChI=1S/C28H27N3O6/c29-12-17-6-8-24-22(10-17)23(14-31(24)13-18-5-7-19-3-1-2-4-20(19)9-18)26(35)30-28(16-33)25(34)11-21(15-32)37-27(28)36/h1-10,14,21,25,27,32-34,36H,11,13,15-16H2,(H,30,35)/t21-,25-,27?,28+/m0/s1. The highest BCUT2D eigenvalue weighted by Crippen LogP contribution is 2.30. The molecule has 3 aromatic carbocycles. The van der Waals surface area contributed by atoms with E-state index in [-0.39, 0.29) is 12.0 Å². The summed E-state index contributed by atoms with van der Waals surface area (Å²) in [6.45, 7) is -0.765. The highest BCUT2D eigenvalue weighted by Gasteiger charge is 2.51. The summed E-state index contributed by atoms with van der Waals surface area (Å²) in [5.74, 6) is -0.657. The van der Waals surface area contributed by atoms with Crippen molar-refractivity contribution in [1.82, 2.24) is 9.88 Å². The van der Waals surface area contributed by atoms with Crippen LogP contribution >= 0.6 is 0 Å². The van der Waals surface area contributed by atoms with Crippen molar-refractivity contribution in [2.75, 3.05) is 13.2 Å². The smallest absolute Gasteiger partial charge is 0.254 e. The predicted octanol–water partition coefficient (Wildman–Crippen LogP) is 1.64. The Morgan fingerprint density at radius 2 is 1.89 bits per heavy atom. The van der Waals surface area contributed by atoms with Crippen LogP contribution in [-0.4, -0.2) is 68.2 Å². The third-order valence-corrected chi connectivity index (χ3v) is 7.08. The number of aliphatic hydroxyl groups excluding tert-OH is 4. The van der Waals surface area contributed by atoms with Gasteiger partial charge in [-0.05, 0) is 40.6 Å². The zero-order valence-electron chi connectivity index (χ0n) is 19.9. The minimum Gasteiger partial charge on any atom is -0.394 e. The van der Waals surface area contributed by atoms with Crippen LogP contribution in [0.1, 0.15) is 27.9 Å². The predicted molar refractivity (Wildman–Crippen MR) is 136 cm³/mol. The van der Waals surface area contributed by atoms with Crippen LogP contribution in [0.4, 0.5) is 0 Å². The van der Waals surface area contributed by atoms with Crippen LogP contribution in [0.15, 0.2) is 66.9 Å². The normalized spacial score (nSPS) is 23.7. The van der Waals surface area contributed by atoms with Crippen molar-refractivity contribution in [3.05, 3.63) is 83.6 Å². The van der Waals surface area contributed by atoms with E-state index in [2.05, 4.69) is 17.5 Å². The number of hydrogen-bond acceptors (Lipinski definition) is 7. The van der Waals surface area contributed by atoms with E-state index < -0.39 is 43.2 Å². The van der Waals surface area contributed by atoms with Crippen molar-refractivity contribution in [3.63, 3.8) is 0 Å². The summed E-state index contributed by atoms with van der Waals surface area (Å²) >= 11 is 0. The first-order valence-corrected chi connectivity index (χ1v) is 11.9. The third kappa shape index (κ3) is 4.46. The van der Waals surface area contributed by atoms with Gasteiger partial charge in [-0.3, -0.25) is 4.79 Å². The molecule has 4 atom stereocenters. The van der Waals surface area contributed by atoms with Crippen molar-refractivity contribution in [2.24, 2.45) is 0 Å². The van der Waals surface area contributed by atoms with Gasteiger partial charge in [0.2, 0.25) is 0 Å². The number of benzene rings is 3. The average Bonchev–Trinajstić information content (AvgIpc) is 3.27. The minimum atomic E-state index is -1.89. The van der Waals surface area contributed by atoms with Crippen LogP contribution in [0.5, 0.6) is 0 Å². The van der Waals surface area contributed by atoms with Gasteiger partial charge >= 0.3 is 0 Å². The molecule has 1 aliphatic rings. The fourth-order valence-electron chi connectivity index (χ4n) is 4.96. The Balaban J connectivity index is 1.52. The van der Waals surface area contributed by atoms with E-state index in [1.54, 1.807) is 24.4 Å². The number of carbonyl (C=O) groups excluding carboxylic acids is 1. The Morgan fingerprint density at radius 3 is 2.59 bits per heavy atom. The summed E-state index contributed by atoms with van der Waals surface area (Å²) in [4.78, 5) is 13.5. The SMILES string of the molecule is N#Cc1ccc2c(c1)c(C(=O)N[C@@]1(CO)C(O)O[C@H](CO)C[C@@H]1O)cn2Cc1ccc2ccccc2c1. The van der Waals surface area contributed by atoms with Crippen molar-refractivity contribution >= 4 is 27.6 Å². The lowest BCUT2D eigenvalue weighted by molar-refractivity contribution is -0.253. The molecule has 1 aliphatic heterocycles. The molecule has 0 saturated carbocycles. The molecule has 0 bridgehead atoms. The molecule has 9 heteroatoms. The van der Waals surface area contributed by atoms with Crippen molar-refractivity contribution in [1.29, 1.82) is 5.26 Å². The highest BCUT2D eigenvalue weighted by molar-refractivity contribution is 6.07. The first kappa shape index (κ1) is 24.9. The number of carbonyl (C=O) groups is 1. The van der Waals surface area contributed by atoms with Gasteiger partial charge in [0.05, 0.1) is 42.6 Å². The van der Waals surface area contributed by atoms with Crippen LogP contribution in [0.2, 0.25) is 0 Å². The lowest BCUT2D eigenvalue weighted by Crippen LogP contribution is -2.70. The summed E-state index contributed by atoms with van der Waals surface area (Å²) in [5, 5.41) is 55.4. The first-order valence-electron chi connectivity index (χ1n) is 11.9. The Bertz CT molecular complexity index is 1500. The molecule has 5 N–H and O–H groups in total. The second kappa shape index (κ2) is 9.94.